The van der Waals surface area contributed by atoms with Crippen molar-refractivity contribution in [3.05, 3.63) is 47.7 Å². The van der Waals surface area contributed by atoms with E-state index in [1.807, 2.05) is 17.0 Å². The van der Waals surface area contributed by atoms with E-state index in [1.165, 1.54) is 6.20 Å². The number of nitrogens with two attached hydrogens (primary N) is 1. The van der Waals surface area contributed by atoms with Crippen LogP contribution < -0.4 is 16.4 Å². The number of hydrogen-bond donors (Lipinski definition) is 3. The van der Waals surface area contributed by atoms with Crippen LogP contribution in [0.4, 0.5) is 17.2 Å². The number of nitrogens with zero attached hydrogens (tertiary/aromatic N) is 3. The lowest BCUT2D eigenvalue weighted by Crippen LogP contribution is -2.40. The average molecular weight is 481 g/mol. The second kappa shape index (κ2) is 11.2. The standard InChI is InChI=1S/C25H32N6O4/c1-17(32)30-8-6-18(7-9-30)15-27-22-14-23(28-16-21(22)24(26)33)29-20-4-2-19(3-5-20)25(34)31-10-12-35-13-11-31/h2-5,14,16,18H,6-13,15H2,1H3,(H2,26,33)(H2,27,28,29). The molecule has 1 aromatic carbocycles. The SMILES string of the molecule is CC(=O)N1CCC(CNc2cc(Nc3ccc(C(=O)N4CCOCC4)cc3)ncc2C(N)=O)CC1. The highest BCUT2D eigenvalue weighted by Gasteiger charge is 2.21. The van der Waals surface area contributed by atoms with Gasteiger partial charge < -0.3 is 30.9 Å². The van der Waals surface area contributed by atoms with Crippen molar-refractivity contribution in [3.8, 4) is 0 Å². The van der Waals surface area contributed by atoms with E-state index in [-0.39, 0.29) is 11.8 Å². The number of benzene rings is 1. The molecule has 35 heavy (non-hydrogen) atoms. The first kappa shape index (κ1) is 24.5. The van der Waals surface area contributed by atoms with Gasteiger partial charge in [-0.15, -0.1) is 0 Å². The van der Waals surface area contributed by atoms with Gasteiger partial charge in [0.1, 0.15) is 5.82 Å². The first-order valence-electron chi connectivity index (χ1n) is 11.9. The van der Waals surface area contributed by atoms with E-state index in [0.717, 1.165) is 31.6 Å². The molecule has 0 bridgehead atoms. The van der Waals surface area contributed by atoms with E-state index in [2.05, 4.69) is 15.6 Å². The van der Waals surface area contributed by atoms with Gasteiger partial charge in [0, 0.05) is 63.2 Å². The van der Waals surface area contributed by atoms with Crippen molar-refractivity contribution in [2.45, 2.75) is 19.8 Å². The summed E-state index contributed by atoms with van der Waals surface area (Å²) >= 11 is 0. The number of morpholine rings is 1. The minimum Gasteiger partial charge on any atom is -0.384 e. The second-order valence-electron chi connectivity index (χ2n) is 8.92. The first-order valence-corrected chi connectivity index (χ1v) is 11.9. The number of rotatable bonds is 7. The molecule has 0 spiro atoms. The molecular formula is C25H32N6O4. The van der Waals surface area contributed by atoms with Crippen molar-refractivity contribution in [2.24, 2.45) is 11.7 Å². The van der Waals surface area contributed by atoms with Gasteiger partial charge in [0.25, 0.3) is 11.8 Å². The van der Waals surface area contributed by atoms with Crippen LogP contribution in [0.1, 0.15) is 40.5 Å². The third kappa shape index (κ3) is 6.27. The number of pyridine rings is 1. The van der Waals surface area contributed by atoms with Gasteiger partial charge in [-0.3, -0.25) is 14.4 Å². The van der Waals surface area contributed by atoms with E-state index in [0.29, 0.717) is 61.4 Å². The zero-order valence-electron chi connectivity index (χ0n) is 20.0. The summed E-state index contributed by atoms with van der Waals surface area (Å²) in [6.07, 6.45) is 3.27. The van der Waals surface area contributed by atoms with Gasteiger partial charge in [-0.1, -0.05) is 0 Å². The highest BCUT2D eigenvalue weighted by Crippen LogP contribution is 2.24. The molecule has 3 heterocycles. The van der Waals surface area contributed by atoms with Gasteiger partial charge in [0.05, 0.1) is 24.5 Å². The number of ether oxygens (including phenoxy) is 1. The maximum absolute atomic E-state index is 12.6. The van der Waals surface area contributed by atoms with Crippen molar-refractivity contribution >= 4 is 34.9 Å². The van der Waals surface area contributed by atoms with E-state index in [1.54, 1.807) is 30.0 Å². The number of aromatic nitrogens is 1. The highest BCUT2D eigenvalue weighted by atomic mass is 16.5. The highest BCUT2D eigenvalue weighted by molar-refractivity contribution is 5.98. The third-order valence-corrected chi connectivity index (χ3v) is 6.51. The number of carbonyl (C=O) groups is 3. The molecule has 0 saturated carbocycles. The molecule has 1 aromatic heterocycles. The lowest BCUT2D eigenvalue weighted by Gasteiger charge is -2.31. The molecule has 2 aliphatic rings. The van der Waals surface area contributed by atoms with E-state index in [9.17, 15) is 14.4 Å². The number of piperidine rings is 1. The molecule has 2 aliphatic heterocycles. The average Bonchev–Trinajstić information content (AvgIpc) is 2.88. The Bertz CT molecular complexity index is 1060. The van der Waals surface area contributed by atoms with Gasteiger partial charge in [0.15, 0.2) is 0 Å². The molecule has 2 saturated heterocycles. The van der Waals surface area contributed by atoms with E-state index >= 15 is 0 Å². The number of carbonyl (C=O) groups excluding carboxylic acids is 3. The van der Waals surface area contributed by atoms with Crippen LogP contribution in [-0.4, -0.2) is 78.4 Å². The molecule has 10 nitrogen and oxygen atoms in total. The molecule has 10 heteroatoms. The van der Waals surface area contributed by atoms with Crippen LogP contribution in [0.15, 0.2) is 36.5 Å². The predicted octanol–water partition coefficient (Wildman–Crippen LogP) is 2.07. The van der Waals surface area contributed by atoms with Crippen LogP contribution in [0.3, 0.4) is 0 Å². The molecule has 4 rings (SSSR count). The quantitative estimate of drug-likeness (QED) is 0.553. The summed E-state index contributed by atoms with van der Waals surface area (Å²) in [7, 11) is 0. The number of primary amides is 1. The normalized spacial score (nSPS) is 16.6. The van der Waals surface area contributed by atoms with Crippen molar-refractivity contribution in [1.82, 2.24) is 14.8 Å². The van der Waals surface area contributed by atoms with Crippen LogP contribution in [0.25, 0.3) is 0 Å². The summed E-state index contributed by atoms with van der Waals surface area (Å²) in [6.45, 7) is 6.08. The summed E-state index contributed by atoms with van der Waals surface area (Å²) in [6, 6.07) is 8.98. The number of likely N-dealkylation sites (tertiary alicyclic amines) is 1. The summed E-state index contributed by atoms with van der Waals surface area (Å²) in [5, 5.41) is 6.57. The molecule has 0 radical (unpaired) electrons. The second-order valence-corrected chi connectivity index (χ2v) is 8.92. The number of amides is 3. The van der Waals surface area contributed by atoms with Crippen LogP contribution >= 0.6 is 0 Å². The Morgan fingerprint density at radius 2 is 1.74 bits per heavy atom. The third-order valence-electron chi connectivity index (χ3n) is 6.51. The van der Waals surface area contributed by atoms with Gasteiger partial charge in [-0.05, 0) is 43.0 Å². The lowest BCUT2D eigenvalue weighted by atomic mass is 9.96. The Morgan fingerprint density at radius 1 is 1.06 bits per heavy atom. The molecule has 0 aliphatic carbocycles. The minimum atomic E-state index is -0.552. The maximum atomic E-state index is 12.6. The molecular weight excluding hydrogens is 448 g/mol. The Hall–Kier alpha value is -3.66. The molecule has 4 N–H and O–H groups in total. The Morgan fingerprint density at radius 3 is 2.37 bits per heavy atom. The Balaban J connectivity index is 1.39. The fraction of sp³-hybridized carbons (Fsp3) is 0.440. The predicted molar refractivity (Wildman–Crippen MR) is 133 cm³/mol. The molecule has 3 amide bonds. The number of hydrogen-bond acceptors (Lipinski definition) is 7. The summed E-state index contributed by atoms with van der Waals surface area (Å²) in [4.78, 5) is 44.1. The van der Waals surface area contributed by atoms with Crippen molar-refractivity contribution in [3.63, 3.8) is 0 Å². The maximum Gasteiger partial charge on any atom is 0.254 e. The fourth-order valence-corrected chi connectivity index (χ4v) is 4.37. The monoisotopic (exact) mass is 480 g/mol. The summed E-state index contributed by atoms with van der Waals surface area (Å²) < 4.78 is 5.31. The number of nitrogens with one attached hydrogen (secondary N) is 2. The van der Waals surface area contributed by atoms with Crippen molar-refractivity contribution < 1.29 is 19.1 Å². The molecule has 2 aromatic rings. The van der Waals surface area contributed by atoms with E-state index < -0.39 is 5.91 Å². The smallest absolute Gasteiger partial charge is 0.254 e. The van der Waals surface area contributed by atoms with Crippen molar-refractivity contribution in [1.29, 1.82) is 0 Å². The zero-order chi connectivity index (χ0) is 24.8. The Labute approximate surface area is 204 Å². The number of anilines is 3. The van der Waals surface area contributed by atoms with Gasteiger partial charge >= 0.3 is 0 Å². The van der Waals surface area contributed by atoms with Gasteiger partial charge in [-0.2, -0.15) is 0 Å². The van der Waals surface area contributed by atoms with Crippen LogP contribution in [-0.2, 0) is 9.53 Å². The largest absolute Gasteiger partial charge is 0.384 e. The first-order chi connectivity index (χ1) is 16.9. The lowest BCUT2D eigenvalue weighted by molar-refractivity contribution is -0.130. The molecule has 0 unspecified atom stereocenters. The van der Waals surface area contributed by atoms with Crippen LogP contribution in [0, 0.1) is 5.92 Å². The summed E-state index contributed by atoms with van der Waals surface area (Å²) in [5.74, 6) is 0.493. The van der Waals surface area contributed by atoms with Gasteiger partial charge in [0.2, 0.25) is 5.91 Å². The topological polar surface area (TPSA) is 130 Å². The van der Waals surface area contributed by atoms with Crippen LogP contribution in [0.5, 0.6) is 0 Å². The minimum absolute atomic E-state index is 0.00981. The zero-order valence-corrected chi connectivity index (χ0v) is 20.0. The molecule has 186 valence electrons. The van der Waals surface area contributed by atoms with E-state index in [4.69, 9.17) is 10.5 Å². The van der Waals surface area contributed by atoms with Crippen LogP contribution in [0.2, 0.25) is 0 Å². The fourth-order valence-electron chi connectivity index (χ4n) is 4.37. The summed E-state index contributed by atoms with van der Waals surface area (Å²) in [5.41, 5.74) is 7.88. The Kier molecular flexibility index (Phi) is 7.81. The molecule has 2 fully saturated rings. The molecule has 0 atom stereocenters. The van der Waals surface area contributed by atoms with Gasteiger partial charge in [-0.25, -0.2) is 4.98 Å². The van der Waals surface area contributed by atoms with Crippen molar-refractivity contribution in [2.75, 3.05) is 56.6 Å².